The summed E-state index contributed by atoms with van der Waals surface area (Å²) in [6.45, 7) is 2.10. The van der Waals surface area contributed by atoms with E-state index in [-0.39, 0.29) is 0 Å². The lowest BCUT2D eigenvalue weighted by atomic mass is 10.0. The highest BCUT2D eigenvalue weighted by Gasteiger charge is 2.10. The summed E-state index contributed by atoms with van der Waals surface area (Å²) in [5.74, 6) is 0. The molecule has 130 valence electrons. The molecule has 0 radical (unpaired) electrons. The first-order valence-corrected chi connectivity index (χ1v) is 9.12. The summed E-state index contributed by atoms with van der Waals surface area (Å²) in [7, 11) is 0. The average Bonchev–Trinajstić information content (AvgIpc) is 3.08. The number of fused-ring (bicyclic) bond motifs is 3. The third kappa shape index (κ3) is 2.85. The normalized spacial score (nSPS) is 11.1. The molecular weight excluding hydrogens is 330 g/mol. The van der Waals surface area contributed by atoms with Gasteiger partial charge in [0, 0.05) is 27.7 Å². The standard InChI is InChI=1S/C25H19NO/c1-17-10-13-19(14-11-17)26-23-8-4-2-6-20(23)18-12-15-22-21-7-3-5-9-24(21)27-25(22)16-18/h2-16,26H,1H3. The quantitative estimate of drug-likeness (QED) is 0.369. The van der Waals surface area contributed by atoms with E-state index in [0.717, 1.165) is 44.4 Å². The molecule has 0 bridgehead atoms. The zero-order valence-corrected chi connectivity index (χ0v) is 15.1. The van der Waals surface area contributed by atoms with Gasteiger partial charge in [0.15, 0.2) is 0 Å². The molecule has 2 nitrogen and oxygen atoms in total. The lowest BCUT2D eigenvalue weighted by Crippen LogP contribution is -1.93. The third-order valence-electron chi connectivity index (χ3n) is 4.95. The Bertz CT molecular complexity index is 1250. The first-order chi connectivity index (χ1) is 13.3. The van der Waals surface area contributed by atoms with Crippen molar-refractivity contribution in [2.45, 2.75) is 6.92 Å². The van der Waals surface area contributed by atoms with Crippen LogP contribution in [0.5, 0.6) is 0 Å². The van der Waals surface area contributed by atoms with Gasteiger partial charge in [-0.1, -0.05) is 60.2 Å². The molecule has 0 spiro atoms. The molecule has 0 fully saturated rings. The van der Waals surface area contributed by atoms with Crippen molar-refractivity contribution in [3.05, 3.63) is 96.6 Å². The fraction of sp³-hybridized carbons (Fsp3) is 0.0400. The van der Waals surface area contributed by atoms with Crippen molar-refractivity contribution < 1.29 is 4.42 Å². The predicted octanol–water partition coefficient (Wildman–Crippen LogP) is 7.31. The van der Waals surface area contributed by atoms with E-state index in [1.807, 2.05) is 18.2 Å². The van der Waals surface area contributed by atoms with E-state index in [1.54, 1.807) is 0 Å². The Hall–Kier alpha value is -3.52. The van der Waals surface area contributed by atoms with E-state index in [9.17, 15) is 0 Å². The number of rotatable bonds is 3. The summed E-state index contributed by atoms with van der Waals surface area (Å²) in [6, 6.07) is 31.4. The second-order valence-corrected chi connectivity index (χ2v) is 6.85. The molecule has 0 saturated carbocycles. The Morgan fingerprint density at radius 3 is 2.30 bits per heavy atom. The number of aryl methyl sites for hydroxylation is 1. The number of nitrogens with one attached hydrogen (secondary N) is 1. The van der Waals surface area contributed by atoms with Crippen molar-refractivity contribution in [1.29, 1.82) is 0 Å². The lowest BCUT2D eigenvalue weighted by Gasteiger charge is -2.12. The van der Waals surface area contributed by atoms with Gasteiger partial charge in [-0.15, -0.1) is 0 Å². The van der Waals surface area contributed by atoms with Gasteiger partial charge in [0.25, 0.3) is 0 Å². The predicted molar refractivity (Wildman–Crippen MR) is 114 cm³/mol. The molecule has 5 rings (SSSR count). The number of furan rings is 1. The van der Waals surface area contributed by atoms with E-state index in [2.05, 4.69) is 85.0 Å². The largest absolute Gasteiger partial charge is 0.456 e. The Labute approximate surface area is 158 Å². The highest BCUT2D eigenvalue weighted by molar-refractivity contribution is 6.06. The third-order valence-corrected chi connectivity index (χ3v) is 4.95. The molecule has 0 atom stereocenters. The van der Waals surface area contributed by atoms with Crippen molar-refractivity contribution in [2.75, 3.05) is 5.32 Å². The molecule has 5 aromatic rings. The van der Waals surface area contributed by atoms with Crippen LogP contribution in [0.4, 0.5) is 11.4 Å². The highest BCUT2D eigenvalue weighted by Crippen LogP contribution is 2.35. The van der Waals surface area contributed by atoms with Crippen LogP contribution < -0.4 is 5.32 Å². The van der Waals surface area contributed by atoms with Gasteiger partial charge in [-0.2, -0.15) is 0 Å². The van der Waals surface area contributed by atoms with Gasteiger partial charge in [-0.3, -0.25) is 0 Å². The van der Waals surface area contributed by atoms with Crippen LogP contribution in [0.15, 0.2) is 95.4 Å². The first kappa shape index (κ1) is 15.7. The van der Waals surface area contributed by atoms with Gasteiger partial charge in [0.2, 0.25) is 0 Å². The second kappa shape index (κ2) is 6.33. The maximum atomic E-state index is 6.07. The minimum Gasteiger partial charge on any atom is -0.456 e. The number of hydrogen-bond acceptors (Lipinski definition) is 2. The van der Waals surface area contributed by atoms with Crippen molar-refractivity contribution in [2.24, 2.45) is 0 Å². The summed E-state index contributed by atoms with van der Waals surface area (Å²) in [4.78, 5) is 0. The van der Waals surface area contributed by atoms with E-state index in [1.165, 1.54) is 5.56 Å². The second-order valence-electron chi connectivity index (χ2n) is 6.85. The Morgan fingerprint density at radius 2 is 1.41 bits per heavy atom. The molecule has 4 aromatic carbocycles. The zero-order valence-electron chi connectivity index (χ0n) is 15.1. The van der Waals surface area contributed by atoms with Crippen molar-refractivity contribution in [3.8, 4) is 11.1 Å². The summed E-state index contributed by atoms with van der Waals surface area (Å²) >= 11 is 0. The Kier molecular flexibility index (Phi) is 3.68. The van der Waals surface area contributed by atoms with Gasteiger partial charge in [0.1, 0.15) is 11.2 Å². The van der Waals surface area contributed by atoms with Gasteiger partial charge in [0.05, 0.1) is 0 Å². The van der Waals surface area contributed by atoms with Gasteiger partial charge in [-0.05, 0) is 48.9 Å². The average molecular weight is 349 g/mol. The van der Waals surface area contributed by atoms with E-state index < -0.39 is 0 Å². The fourth-order valence-electron chi connectivity index (χ4n) is 3.53. The number of anilines is 2. The molecule has 1 heterocycles. The molecule has 27 heavy (non-hydrogen) atoms. The monoisotopic (exact) mass is 349 g/mol. The summed E-state index contributed by atoms with van der Waals surface area (Å²) in [5, 5.41) is 5.85. The van der Waals surface area contributed by atoms with Crippen LogP contribution >= 0.6 is 0 Å². The maximum Gasteiger partial charge on any atom is 0.136 e. The number of para-hydroxylation sites is 2. The smallest absolute Gasteiger partial charge is 0.136 e. The molecule has 0 aliphatic carbocycles. The van der Waals surface area contributed by atoms with Crippen LogP contribution in [-0.4, -0.2) is 0 Å². The highest BCUT2D eigenvalue weighted by atomic mass is 16.3. The van der Waals surface area contributed by atoms with E-state index in [4.69, 9.17) is 4.42 Å². The topological polar surface area (TPSA) is 25.2 Å². The maximum absolute atomic E-state index is 6.07. The number of benzene rings is 4. The van der Waals surface area contributed by atoms with Crippen molar-refractivity contribution in [1.82, 2.24) is 0 Å². The summed E-state index contributed by atoms with van der Waals surface area (Å²) in [5.41, 5.74) is 7.55. The summed E-state index contributed by atoms with van der Waals surface area (Å²) < 4.78 is 6.07. The van der Waals surface area contributed by atoms with Crippen molar-refractivity contribution >= 4 is 33.3 Å². The first-order valence-electron chi connectivity index (χ1n) is 9.12. The van der Waals surface area contributed by atoms with Gasteiger partial charge < -0.3 is 9.73 Å². The molecular formula is C25H19NO. The lowest BCUT2D eigenvalue weighted by molar-refractivity contribution is 0.669. The van der Waals surface area contributed by atoms with Crippen LogP contribution in [0, 0.1) is 6.92 Å². The molecule has 0 amide bonds. The fourth-order valence-corrected chi connectivity index (χ4v) is 3.53. The number of hydrogen-bond donors (Lipinski definition) is 1. The molecule has 0 aliphatic heterocycles. The van der Waals surface area contributed by atoms with E-state index >= 15 is 0 Å². The van der Waals surface area contributed by atoms with Crippen LogP contribution in [0.3, 0.4) is 0 Å². The van der Waals surface area contributed by atoms with Gasteiger partial charge >= 0.3 is 0 Å². The molecule has 1 N–H and O–H groups in total. The minimum absolute atomic E-state index is 0.916. The summed E-state index contributed by atoms with van der Waals surface area (Å²) in [6.07, 6.45) is 0. The molecule has 0 saturated heterocycles. The Balaban J connectivity index is 1.60. The molecule has 0 aliphatic rings. The Morgan fingerprint density at radius 1 is 0.667 bits per heavy atom. The van der Waals surface area contributed by atoms with Crippen LogP contribution in [0.2, 0.25) is 0 Å². The molecule has 0 unspecified atom stereocenters. The zero-order chi connectivity index (χ0) is 18.2. The molecule has 2 heteroatoms. The van der Waals surface area contributed by atoms with Crippen molar-refractivity contribution in [3.63, 3.8) is 0 Å². The van der Waals surface area contributed by atoms with Gasteiger partial charge in [-0.25, -0.2) is 0 Å². The SMILES string of the molecule is Cc1ccc(Nc2ccccc2-c2ccc3c(c2)oc2ccccc23)cc1. The van der Waals surface area contributed by atoms with E-state index in [0.29, 0.717) is 0 Å². The van der Waals surface area contributed by atoms with Crippen LogP contribution in [0.1, 0.15) is 5.56 Å². The van der Waals surface area contributed by atoms with Crippen LogP contribution in [0.25, 0.3) is 33.1 Å². The van der Waals surface area contributed by atoms with Crippen LogP contribution in [-0.2, 0) is 0 Å². The molecule has 1 aromatic heterocycles. The minimum atomic E-state index is 0.916.